The average molecular weight is 561 g/mol. The smallest absolute Gasteiger partial charge is 0.309 e. The lowest BCUT2D eigenvalue weighted by atomic mass is 9.33. The Morgan fingerprint density at radius 1 is 0.902 bits per heavy atom. The molecule has 0 heterocycles. The zero-order valence-electron chi connectivity index (χ0n) is 26.5. The van der Waals surface area contributed by atoms with E-state index in [0.717, 1.165) is 51.4 Å². The van der Waals surface area contributed by atoms with Gasteiger partial charge in [-0.05, 0) is 115 Å². The highest BCUT2D eigenvalue weighted by molar-refractivity contribution is 5.95. The number of rotatable bonds is 4. The van der Waals surface area contributed by atoms with Gasteiger partial charge in [-0.3, -0.25) is 9.59 Å². The summed E-state index contributed by atoms with van der Waals surface area (Å²) in [7, 11) is 0. The van der Waals surface area contributed by atoms with Crippen LogP contribution in [0, 0.1) is 50.2 Å². The maximum absolute atomic E-state index is 14.5. The van der Waals surface area contributed by atoms with Crippen LogP contribution >= 0.6 is 0 Å². The first-order valence-electron chi connectivity index (χ1n) is 16.3. The molecule has 1 aromatic rings. The van der Waals surface area contributed by atoms with Gasteiger partial charge in [0.25, 0.3) is 0 Å². The molecule has 0 amide bonds. The number of carbonyl (C=O) groups is 2. The Hall–Kier alpha value is -1.94. The summed E-state index contributed by atoms with van der Waals surface area (Å²) in [5, 5.41) is 10.2. The monoisotopic (exact) mass is 560 g/mol. The van der Waals surface area contributed by atoms with Crippen LogP contribution in [0.5, 0.6) is 0 Å². The number of carboxylic acids is 1. The van der Waals surface area contributed by atoms with Crippen molar-refractivity contribution in [1.29, 1.82) is 0 Å². The standard InChI is InChI=1S/C37H52O4/c1-32(2)28-13-16-37(7)30(35(28,5)15-14-29(32)41-23-24-11-9-8-10-12-24)27(38)21-25-26-22-34(4,31(39)40)18-17-33(26,3)19-20-36(25,37)6/h8-12,21,26,28-30H,13-20,22-23H2,1-7H3,(H,39,40)/t26-,28?,29-,30?,33+,34-,35-,36+,37+/m0/s1. The summed E-state index contributed by atoms with van der Waals surface area (Å²) in [6, 6.07) is 10.5. The zero-order chi connectivity index (χ0) is 29.6. The Balaban J connectivity index is 1.34. The van der Waals surface area contributed by atoms with Crippen molar-refractivity contribution in [3.05, 3.63) is 47.5 Å². The number of allylic oxidation sites excluding steroid dienone is 2. The average Bonchev–Trinajstić information content (AvgIpc) is 2.90. The Labute approximate surface area is 247 Å². The molecule has 0 saturated heterocycles. The van der Waals surface area contributed by atoms with E-state index in [1.165, 1.54) is 11.1 Å². The lowest BCUT2D eigenvalue weighted by Crippen LogP contribution is -2.66. The Bertz CT molecular complexity index is 1260. The van der Waals surface area contributed by atoms with Crippen molar-refractivity contribution < 1.29 is 19.4 Å². The third-order valence-corrected chi connectivity index (χ3v) is 14.3. The van der Waals surface area contributed by atoms with Crippen molar-refractivity contribution in [3.8, 4) is 0 Å². The van der Waals surface area contributed by atoms with Crippen molar-refractivity contribution >= 4 is 11.8 Å². The van der Waals surface area contributed by atoms with Crippen molar-refractivity contribution in [2.24, 2.45) is 50.2 Å². The highest BCUT2D eigenvalue weighted by Gasteiger charge is 2.70. The van der Waals surface area contributed by atoms with Crippen molar-refractivity contribution in [2.75, 3.05) is 0 Å². The van der Waals surface area contributed by atoms with E-state index in [2.05, 4.69) is 71.9 Å². The molecule has 4 nitrogen and oxygen atoms in total. The van der Waals surface area contributed by atoms with Gasteiger partial charge >= 0.3 is 5.97 Å². The summed E-state index contributed by atoms with van der Waals surface area (Å²) < 4.78 is 6.64. The Morgan fingerprint density at radius 2 is 1.59 bits per heavy atom. The van der Waals surface area contributed by atoms with Gasteiger partial charge in [-0.15, -0.1) is 0 Å². The van der Waals surface area contributed by atoms with E-state index in [9.17, 15) is 14.7 Å². The van der Waals surface area contributed by atoms with Crippen molar-refractivity contribution in [3.63, 3.8) is 0 Å². The molecule has 6 rings (SSSR count). The SMILES string of the molecule is CC1(C)C2CC[C@]3(C)C(C(=O)C=C4[C@@H]5C[C@@](C)(C(=O)O)CC[C@]5(C)CC[C@]43C)[C@@]2(C)CC[C@@H]1OCc1ccccc1. The molecule has 0 aromatic heterocycles. The fraction of sp³-hybridized carbons (Fsp3) is 0.730. The van der Waals surface area contributed by atoms with Crippen LogP contribution in [-0.4, -0.2) is 23.0 Å². The highest BCUT2D eigenvalue weighted by Crippen LogP contribution is 2.75. The predicted molar refractivity (Wildman–Crippen MR) is 162 cm³/mol. The van der Waals surface area contributed by atoms with E-state index in [1.807, 2.05) is 13.0 Å². The first-order chi connectivity index (χ1) is 19.1. The summed E-state index contributed by atoms with van der Waals surface area (Å²) in [5.41, 5.74) is 1.59. The van der Waals surface area contributed by atoms with E-state index in [1.54, 1.807) is 0 Å². The Morgan fingerprint density at radius 3 is 2.27 bits per heavy atom. The summed E-state index contributed by atoms with van der Waals surface area (Å²) in [6.07, 6.45) is 11.0. The summed E-state index contributed by atoms with van der Waals surface area (Å²) in [5.74, 6) is 0.222. The first kappa shape index (κ1) is 29.1. The van der Waals surface area contributed by atoms with E-state index in [-0.39, 0.29) is 45.0 Å². The van der Waals surface area contributed by atoms with Gasteiger partial charge in [0.1, 0.15) is 0 Å². The molecule has 2 unspecified atom stereocenters. The van der Waals surface area contributed by atoms with Crippen molar-refractivity contribution in [1.82, 2.24) is 0 Å². The molecule has 1 aromatic carbocycles. The maximum atomic E-state index is 14.5. The molecule has 0 radical (unpaired) electrons. The number of carbonyl (C=O) groups excluding carboxylic acids is 1. The highest BCUT2D eigenvalue weighted by atomic mass is 16.5. The topological polar surface area (TPSA) is 63.6 Å². The molecular formula is C37H52O4. The van der Waals surface area contributed by atoms with Gasteiger partial charge in [0, 0.05) is 5.92 Å². The van der Waals surface area contributed by atoms with Gasteiger partial charge in [-0.25, -0.2) is 0 Å². The molecule has 4 heteroatoms. The van der Waals surface area contributed by atoms with Gasteiger partial charge in [-0.2, -0.15) is 0 Å². The van der Waals surface area contributed by atoms with Crippen molar-refractivity contribution in [2.45, 2.75) is 119 Å². The number of benzene rings is 1. The first-order valence-corrected chi connectivity index (χ1v) is 16.3. The minimum absolute atomic E-state index is 0.00403. The van der Waals surface area contributed by atoms with Gasteiger partial charge in [0.15, 0.2) is 5.78 Å². The van der Waals surface area contributed by atoms with Crippen LogP contribution in [0.1, 0.15) is 112 Å². The summed E-state index contributed by atoms with van der Waals surface area (Å²) in [4.78, 5) is 26.9. The molecule has 0 aliphatic heterocycles. The molecule has 0 spiro atoms. The normalized spacial score (nSPS) is 46.8. The van der Waals surface area contributed by atoms with E-state index in [0.29, 0.717) is 24.7 Å². The lowest BCUT2D eigenvalue weighted by Gasteiger charge is -2.70. The molecule has 4 saturated carbocycles. The predicted octanol–water partition coefficient (Wildman–Crippen LogP) is 8.64. The van der Waals surface area contributed by atoms with Gasteiger partial charge < -0.3 is 9.84 Å². The number of ketones is 1. The fourth-order valence-corrected chi connectivity index (χ4v) is 11.4. The Kier molecular flexibility index (Phi) is 6.60. The molecular weight excluding hydrogens is 508 g/mol. The van der Waals surface area contributed by atoms with E-state index in [4.69, 9.17) is 4.74 Å². The van der Waals surface area contributed by atoms with Crippen LogP contribution in [0.4, 0.5) is 0 Å². The van der Waals surface area contributed by atoms with E-state index < -0.39 is 11.4 Å². The molecule has 5 aliphatic carbocycles. The van der Waals surface area contributed by atoms with Gasteiger partial charge in [-0.1, -0.05) is 77.4 Å². The number of ether oxygens (including phenoxy) is 1. The summed E-state index contributed by atoms with van der Waals surface area (Å²) >= 11 is 0. The van der Waals surface area contributed by atoms with Gasteiger partial charge in [0.05, 0.1) is 18.1 Å². The molecule has 224 valence electrons. The number of hydrogen-bond acceptors (Lipinski definition) is 3. The van der Waals surface area contributed by atoms with Crippen LogP contribution in [0.2, 0.25) is 0 Å². The third kappa shape index (κ3) is 4.01. The molecule has 9 atom stereocenters. The van der Waals surface area contributed by atoms with Crippen LogP contribution in [0.25, 0.3) is 0 Å². The molecule has 4 fully saturated rings. The number of carboxylic acid groups (broad SMARTS) is 1. The number of aliphatic carboxylic acids is 1. The number of fused-ring (bicyclic) bond motifs is 7. The second-order valence-electron chi connectivity index (χ2n) is 16.7. The van der Waals surface area contributed by atoms with Crippen LogP contribution < -0.4 is 0 Å². The van der Waals surface area contributed by atoms with Crippen LogP contribution in [-0.2, 0) is 20.9 Å². The minimum Gasteiger partial charge on any atom is -0.481 e. The molecule has 5 aliphatic rings. The second-order valence-corrected chi connectivity index (χ2v) is 16.7. The van der Waals surface area contributed by atoms with E-state index >= 15 is 0 Å². The quantitative estimate of drug-likeness (QED) is 0.400. The third-order valence-electron chi connectivity index (χ3n) is 14.3. The lowest BCUT2D eigenvalue weighted by molar-refractivity contribution is -0.211. The largest absolute Gasteiger partial charge is 0.481 e. The van der Waals surface area contributed by atoms with Crippen LogP contribution in [0.3, 0.4) is 0 Å². The molecule has 41 heavy (non-hydrogen) atoms. The molecule has 1 N–H and O–H groups in total. The minimum atomic E-state index is -0.712. The second kappa shape index (κ2) is 9.28. The zero-order valence-corrected chi connectivity index (χ0v) is 26.5. The molecule has 0 bridgehead atoms. The van der Waals surface area contributed by atoms with Gasteiger partial charge in [0.2, 0.25) is 0 Å². The van der Waals surface area contributed by atoms with Crippen LogP contribution in [0.15, 0.2) is 42.0 Å². The maximum Gasteiger partial charge on any atom is 0.309 e. The fourth-order valence-electron chi connectivity index (χ4n) is 11.4. The summed E-state index contributed by atoms with van der Waals surface area (Å²) in [6.45, 7) is 17.1. The number of hydrogen-bond donors (Lipinski definition) is 1.